The summed E-state index contributed by atoms with van der Waals surface area (Å²) in [7, 11) is 1.82. The van der Waals surface area contributed by atoms with Crippen molar-refractivity contribution in [2.75, 3.05) is 42.9 Å². The topological polar surface area (TPSA) is 77.9 Å². The number of pyridine rings is 1. The normalized spacial score (nSPS) is 14.7. The highest BCUT2D eigenvalue weighted by Gasteiger charge is 2.28. The number of carbonyl (C=O) groups is 1. The van der Waals surface area contributed by atoms with E-state index >= 15 is 0 Å². The minimum atomic E-state index is -0.214. The molecule has 0 saturated carbocycles. The van der Waals surface area contributed by atoms with Crippen LogP contribution in [0.5, 0.6) is 0 Å². The molecule has 0 radical (unpaired) electrons. The van der Waals surface area contributed by atoms with E-state index in [4.69, 9.17) is 0 Å². The van der Waals surface area contributed by atoms with Crippen molar-refractivity contribution in [3.8, 4) is 5.69 Å². The Bertz CT molecular complexity index is 1070. The summed E-state index contributed by atoms with van der Waals surface area (Å²) < 4.78 is 3.35. The van der Waals surface area contributed by atoms with E-state index in [0.29, 0.717) is 12.2 Å². The smallest absolute Gasteiger partial charge is 0.295 e. The third-order valence-electron chi connectivity index (χ3n) is 5.73. The number of piperazine rings is 1. The van der Waals surface area contributed by atoms with E-state index in [9.17, 15) is 9.59 Å². The van der Waals surface area contributed by atoms with E-state index in [2.05, 4.69) is 21.3 Å². The molecule has 0 spiro atoms. The van der Waals surface area contributed by atoms with Crippen LogP contribution in [-0.4, -0.2) is 48.0 Å². The van der Waals surface area contributed by atoms with Gasteiger partial charge < -0.3 is 10.2 Å². The number of rotatable bonds is 5. The Morgan fingerprint density at radius 2 is 1.80 bits per heavy atom. The standard InChI is InChI=1S/C22H26N6O2/c1-17-21(22(30)28(25(17)2)18-8-4-3-5-9-18)24-20(29)16-26-12-14-27(15-13-26)19-10-6-7-11-23-19/h3-11H,12-16H2,1-2H3,(H,24,29)/p+2. The Balaban J connectivity index is 1.40. The average Bonchev–Trinajstić information content (AvgIpc) is 2.98. The molecular weight excluding hydrogens is 380 g/mol. The van der Waals surface area contributed by atoms with Crippen LogP contribution in [0, 0.1) is 6.92 Å². The van der Waals surface area contributed by atoms with Gasteiger partial charge in [-0.05, 0) is 25.1 Å². The molecule has 0 unspecified atom stereocenters. The Labute approximate surface area is 175 Å². The number of benzene rings is 1. The zero-order valence-electron chi connectivity index (χ0n) is 17.4. The molecule has 1 saturated heterocycles. The fourth-order valence-electron chi connectivity index (χ4n) is 3.94. The second-order valence-electron chi connectivity index (χ2n) is 7.65. The molecule has 1 aromatic carbocycles. The highest BCUT2D eigenvalue weighted by molar-refractivity contribution is 5.91. The number of H-pyrrole nitrogens is 1. The monoisotopic (exact) mass is 408 g/mol. The van der Waals surface area contributed by atoms with Crippen molar-refractivity contribution < 1.29 is 14.7 Å². The summed E-state index contributed by atoms with van der Waals surface area (Å²) >= 11 is 0. The molecule has 3 N–H and O–H groups in total. The summed E-state index contributed by atoms with van der Waals surface area (Å²) in [4.78, 5) is 32.4. The number of amides is 1. The molecule has 3 aromatic rings. The molecule has 30 heavy (non-hydrogen) atoms. The number of aromatic nitrogens is 3. The van der Waals surface area contributed by atoms with Crippen molar-refractivity contribution >= 4 is 17.4 Å². The fraction of sp³-hybridized carbons (Fsp3) is 0.318. The highest BCUT2D eigenvalue weighted by Crippen LogP contribution is 2.13. The van der Waals surface area contributed by atoms with Gasteiger partial charge in [-0.2, -0.15) is 0 Å². The van der Waals surface area contributed by atoms with Crippen LogP contribution in [0.2, 0.25) is 0 Å². The van der Waals surface area contributed by atoms with Crippen LogP contribution in [0.1, 0.15) is 5.69 Å². The number of quaternary nitrogens is 1. The molecule has 3 heterocycles. The second-order valence-corrected chi connectivity index (χ2v) is 7.65. The number of hydrogen-bond donors (Lipinski definition) is 2. The Morgan fingerprint density at radius 1 is 1.10 bits per heavy atom. The molecule has 156 valence electrons. The van der Waals surface area contributed by atoms with Crippen molar-refractivity contribution in [1.82, 2.24) is 9.36 Å². The first-order valence-electron chi connectivity index (χ1n) is 10.2. The number of aromatic amines is 1. The van der Waals surface area contributed by atoms with E-state index in [-0.39, 0.29) is 11.5 Å². The van der Waals surface area contributed by atoms with Crippen LogP contribution in [0.3, 0.4) is 0 Å². The average molecular weight is 409 g/mol. The predicted octanol–water partition coefficient (Wildman–Crippen LogP) is -0.358. The number of nitrogens with zero attached hydrogens (tertiary/aromatic N) is 3. The molecule has 0 bridgehead atoms. The van der Waals surface area contributed by atoms with Crippen LogP contribution in [0.15, 0.2) is 59.5 Å². The summed E-state index contributed by atoms with van der Waals surface area (Å²) in [5.74, 6) is 0.970. The predicted molar refractivity (Wildman–Crippen MR) is 115 cm³/mol. The first kappa shape index (κ1) is 19.9. The van der Waals surface area contributed by atoms with Gasteiger partial charge >= 0.3 is 0 Å². The van der Waals surface area contributed by atoms with Crippen molar-refractivity contribution in [2.45, 2.75) is 6.92 Å². The largest absolute Gasteiger partial charge is 0.321 e. The quantitative estimate of drug-likeness (QED) is 0.606. The molecule has 2 aromatic heterocycles. The maximum Gasteiger partial charge on any atom is 0.295 e. The van der Waals surface area contributed by atoms with E-state index in [1.165, 1.54) is 4.90 Å². The zero-order chi connectivity index (χ0) is 21.1. The van der Waals surface area contributed by atoms with Crippen LogP contribution in [0.4, 0.5) is 11.5 Å². The minimum absolute atomic E-state index is 0.129. The van der Waals surface area contributed by atoms with Crippen LogP contribution >= 0.6 is 0 Å². The summed E-state index contributed by atoms with van der Waals surface area (Å²) in [6.07, 6.45) is 1.92. The van der Waals surface area contributed by atoms with Gasteiger partial charge in [0.1, 0.15) is 31.9 Å². The third-order valence-corrected chi connectivity index (χ3v) is 5.73. The van der Waals surface area contributed by atoms with Gasteiger partial charge in [-0.15, -0.1) is 0 Å². The molecule has 8 nitrogen and oxygen atoms in total. The number of carbonyl (C=O) groups excluding carboxylic acids is 1. The molecule has 1 aliphatic rings. The summed E-state index contributed by atoms with van der Waals surface area (Å²) in [5, 5.41) is 2.87. The Hall–Kier alpha value is -3.39. The van der Waals surface area contributed by atoms with Gasteiger partial charge in [0.05, 0.1) is 17.6 Å². The van der Waals surface area contributed by atoms with Crippen LogP contribution in [-0.2, 0) is 11.8 Å². The van der Waals surface area contributed by atoms with Gasteiger partial charge in [-0.25, -0.2) is 9.67 Å². The van der Waals surface area contributed by atoms with Gasteiger partial charge in [0.2, 0.25) is 0 Å². The first-order chi connectivity index (χ1) is 14.5. The van der Waals surface area contributed by atoms with Gasteiger partial charge in [0.25, 0.3) is 17.3 Å². The number of nitrogens with one attached hydrogen (secondary N) is 3. The number of hydrogen-bond acceptors (Lipinski definition) is 3. The van der Waals surface area contributed by atoms with Crippen molar-refractivity contribution in [1.29, 1.82) is 0 Å². The SMILES string of the molecule is Cc1c(NC(=O)C[NH+]2CCN(c3cccc[nH+]3)CC2)c(=O)n(-c2ccccc2)n1C. The molecule has 1 fully saturated rings. The third kappa shape index (κ3) is 3.99. The van der Waals surface area contributed by atoms with Gasteiger partial charge in [0.15, 0.2) is 6.54 Å². The molecule has 0 atom stereocenters. The summed E-state index contributed by atoms with van der Waals surface area (Å²) in [5.41, 5.74) is 1.64. The summed E-state index contributed by atoms with van der Waals surface area (Å²) in [6.45, 7) is 5.71. The minimum Gasteiger partial charge on any atom is -0.321 e. The fourth-order valence-corrected chi connectivity index (χ4v) is 3.94. The van der Waals surface area contributed by atoms with E-state index in [0.717, 1.165) is 43.4 Å². The van der Waals surface area contributed by atoms with Crippen LogP contribution in [0.25, 0.3) is 5.69 Å². The number of anilines is 2. The number of para-hydroxylation sites is 1. The van der Waals surface area contributed by atoms with Gasteiger partial charge in [0, 0.05) is 13.1 Å². The molecule has 4 rings (SSSR count). The van der Waals surface area contributed by atoms with E-state index in [1.54, 1.807) is 9.36 Å². The lowest BCUT2D eigenvalue weighted by Gasteiger charge is -2.27. The summed E-state index contributed by atoms with van der Waals surface area (Å²) in [6, 6.07) is 15.5. The first-order valence-corrected chi connectivity index (χ1v) is 10.2. The van der Waals surface area contributed by atoms with Crippen molar-refractivity contribution in [3.05, 3.63) is 70.8 Å². The molecule has 1 aliphatic heterocycles. The molecule has 0 aliphatic carbocycles. The lowest BCUT2D eigenvalue weighted by atomic mass is 10.3. The van der Waals surface area contributed by atoms with Gasteiger partial charge in [-0.3, -0.25) is 19.2 Å². The molecular formula is C22H28N6O2+2. The van der Waals surface area contributed by atoms with Gasteiger partial charge in [-0.1, -0.05) is 24.3 Å². The van der Waals surface area contributed by atoms with Crippen LogP contribution < -0.4 is 25.7 Å². The Kier molecular flexibility index (Phi) is 5.67. The molecule has 8 heteroatoms. The maximum absolute atomic E-state index is 12.9. The van der Waals surface area contributed by atoms with E-state index < -0.39 is 0 Å². The van der Waals surface area contributed by atoms with Crippen molar-refractivity contribution in [3.63, 3.8) is 0 Å². The zero-order valence-corrected chi connectivity index (χ0v) is 17.4. The highest BCUT2D eigenvalue weighted by atomic mass is 16.2. The molecule has 1 amide bonds. The van der Waals surface area contributed by atoms with Crippen molar-refractivity contribution in [2.24, 2.45) is 7.05 Å². The lowest BCUT2D eigenvalue weighted by molar-refractivity contribution is -0.892. The maximum atomic E-state index is 12.9. The Morgan fingerprint density at radius 3 is 2.47 bits per heavy atom. The van der Waals surface area contributed by atoms with E-state index in [1.807, 2.05) is 62.6 Å². The lowest BCUT2D eigenvalue weighted by Crippen LogP contribution is -3.15. The second kappa shape index (κ2) is 8.54.